The topological polar surface area (TPSA) is 101 Å². The van der Waals surface area contributed by atoms with E-state index in [1.807, 2.05) is 0 Å². The number of hydrogen-bond donors (Lipinski definition) is 2. The van der Waals surface area contributed by atoms with Crippen molar-refractivity contribution in [3.05, 3.63) is 0 Å². The summed E-state index contributed by atoms with van der Waals surface area (Å²) in [6, 6.07) is -1.30. The first kappa shape index (κ1) is 8.98. The fraction of sp³-hybridized carbons (Fsp3) is 0.600. The quantitative estimate of drug-likeness (QED) is 0.501. The Hall–Kier alpha value is -1.11. The van der Waals surface area contributed by atoms with Gasteiger partial charge < -0.3 is 10.4 Å². The molecule has 0 saturated carbocycles. The van der Waals surface area contributed by atoms with Gasteiger partial charge >= 0.3 is 5.97 Å². The maximum Gasteiger partial charge on any atom is 0.327 e. The number of amides is 1. The Morgan fingerprint density at radius 1 is 1.58 bits per heavy atom. The third-order valence-corrected chi connectivity index (χ3v) is 2.95. The van der Waals surface area contributed by atoms with Crippen molar-refractivity contribution in [1.29, 1.82) is 0 Å². The van der Waals surface area contributed by atoms with Crippen LogP contribution in [0.3, 0.4) is 0 Å². The summed E-state index contributed by atoms with van der Waals surface area (Å²) in [5, 5.41) is 10.5. The molecule has 0 aromatic carbocycles. The molecule has 2 N–H and O–H groups in total. The van der Waals surface area contributed by atoms with Gasteiger partial charge in [0.25, 0.3) is 0 Å². The molecule has 1 aliphatic rings. The van der Waals surface area contributed by atoms with E-state index in [0.29, 0.717) is 0 Å². The Kier molecular flexibility index (Phi) is 2.05. The van der Waals surface area contributed by atoms with Crippen molar-refractivity contribution in [3.63, 3.8) is 0 Å². The SMILES string of the molecule is O=C1CS(=O)(=O)C[C@@H](C(=O)O)N1. The lowest BCUT2D eigenvalue weighted by Crippen LogP contribution is -2.52. The second kappa shape index (κ2) is 2.74. The van der Waals surface area contributed by atoms with Gasteiger partial charge in [-0.3, -0.25) is 4.79 Å². The van der Waals surface area contributed by atoms with E-state index in [0.717, 1.165) is 0 Å². The van der Waals surface area contributed by atoms with Gasteiger partial charge in [-0.15, -0.1) is 0 Å². The van der Waals surface area contributed by atoms with Gasteiger partial charge in [0.15, 0.2) is 9.84 Å². The van der Waals surface area contributed by atoms with Crippen LogP contribution in [0.25, 0.3) is 0 Å². The number of carbonyl (C=O) groups is 2. The molecule has 6 nitrogen and oxygen atoms in total. The van der Waals surface area contributed by atoms with E-state index in [2.05, 4.69) is 5.32 Å². The summed E-state index contributed by atoms with van der Waals surface area (Å²) in [4.78, 5) is 20.9. The highest BCUT2D eigenvalue weighted by Gasteiger charge is 2.33. The van der Waals surface area contributed by atoms with Crippen molar-refractivity contribution in [3.8, 4) is 0 Å². The molecule has 12 heavy (non-hydrogen) atoms. The van der Waals surface area contributed by atoms with Crippen molar-refractivity contribution in [2.24, 2.45) is 0 Å². The van der Waals surface area contributed by atoms with E-state index < -0.39 is 39.3 Å². The monoisotopic (exact) mass is 193 g/mol. The third-order valence-electron chi connectivity index (χ3n) is 1.40. The summed E-state index contributed by atoms with van der Waals surface area (Å²) in [5.41, 5.74) is 0. The van der Waals surface area contributed by atoms with Crippen LogP contribution in [0, 0.1) is 0 Å². The smallest absolute Gasteiger partial charge is 0.327 e. The zero-order valence-corrected chi connectivity index (χ0v) is 6.80. The van der Waals surface area contributed by atoms with E-state index in [9.17, 15) is 18.0 Å². The van der Waals surface area contributed by atoms with Crippen LogP contribution in [0.15, 0.2) is 0 Å². The fourth-order valence-corrected chi connectivity index (χ4v) is 2.26. The Labute approximate surface area is 68.5 Å². The van der Waals surface area contributed by atoms with Crippen LogP contribution < -0.4 is 5.32 Å². The average molecular weight is 193 g/mol. The number of rotatable bonds is 1. The number of carboxylic acids is 1. The first-order valence-electron chi connectivity index (χ1n) is 3.13. The average Bonchev–Trinajstić information content (AvgIpc) is 1.82. The standard InChI is InChI=1S/C5H7NO5S/c7-4-2-12(10,11)1-3(6-4)5(8)9/h3H,1-2H2,(H,6,7)(H,8,9)/t3-/m0/s1. The molecule has 0 aliphatic carbocycles. The molecule has 0 aromatic heterocycles. The van der Waals surface area contributed by atoms with Crippen LogP contribution in [-0.4, -0.2) is 42.9 Å². The molecule has 1 rings (SSSR count). The number of carbonyl (C=O) groups excluding carboxylic acids is 1. The van der Waals surface area contributed by atoms with Gasteiger partial charge in [0, 0.05) is 0 Å². The Morgan fingerprint density at radius 3 is 2.58 bits per heavy atom. The molecule has 0 spiro atoms. The number of sulfone groups is 1. The van der Waals surface area contributed by atoms with Crippen LogP contribution in [0.4, 0.5) is 0 Å². The summed E-state index contributed by atoms with van der Waals surface area (Å²) >= 11 is 0. The van der Waals surface area contributed by atoms with E-state index in [-0.39, 0.29) is 0 Å². The lowest BCUT2D eigenvalue weighted by molar-refractivity contribution is -0.141. The highest BCUT2D eigenvalue weighted by molar-refractivity contribution is 7.92. The van der Waals surface area contributed by atoms with Crippen LogP contribution in [0.2, 0.25) is 0 Å². The Balaban J connectivity index is 2.85. The summed E-state index contributed by atoms with van der Waals surface area (Å²) < 4.78 is 21.7. The van der Waals surface area contributed by atoms with Crippen LogP contribution in [-0.2, 0) is 19.4 Å². The summed E-state index contributed by atoms with van der Waals surface area (Å²) in [5.74, 6) is -3.22. The molecule has 0 radical (unpaired) electrons. The summed E-state index contributed by atoms with van der Waals surface area (Å²) in [6.07, 6.45) is 0. The van der Waals surface area contributed by atoms with E-state index >= 15 is 0 Å². The van der Waals surface area contributed by atoms with Crippen molar-refractivity contribution in [1.82, 2.24) is 5.32 Å². The fourth-order valence-electron chi connectivity index (χ4n) is 0.923. The Bertz CT molecular complexity index is 319. The lowest BCUT2D eigenvalue weighted by atomic mass is 10.3. The maximum atomic E-state index is 10.9. The predicted octanol–water partition coefficient (Wildman–Crippen LogP) is -2.02. The minimum Gasteiger partial charge on any atom is -0.480 e. The number of nitrogens with one attached hydrogen (secondary N) is 1. The third kappa shape index (κ3) is 1.94. The largest absolute Gasteiger partial charge is 0.480 e. The van der Waals surface area contributed by atoms with Crippen molar-refractivity contribution >= 4 is 21.7 Å². The lowest BCUT2D eigenvalue weighted by Gasteiger charge is -2.19. The molecule has 1 fully saturated rings. The molecule has 1 heterocycles. The molecule has 1 aliphatic heterocycles. The van der Waals surface area contributed by atoms with Crippen molar-refractivity contribution in [2.75, 3.05) is 11.5 Å². The zero-order chi connectivity index (χ0) is 9.35. The number of hydrogen-bond acceptors (Lipinski definition) is 4. The molecule has 7 heteroatoms. The van der Waals surface area contributed by atoms with E-state index in [1.165, 1.54) is 0 Å². The maximum absolute atomic E-state index is 10.9. The van der Waals surface area contributed by atoms with Gasteiger partial charge in [-0.1, -0.05) is 0 Å². The van der Waals surface area contributed by atoms with Crippen LogP contribution in [0.1, 0.15) is 0 Å². The number of aliphatic carboxylic acids is 1. The molecule has 1 saturated heterocycles. The first-order chi connectivity index (χ1) is 5.41. The Morgan fingerprint density at radius 2 is 2.17 bits per heavy atom. The van der Waals surface area contributed by atoms with Crippen LogP contribution in [0.5, 0.6) is 0 Å². The van der Waals surface area contributed by atoms with E-state index in [1.54, 1.807) is 0 Å². The van der Waals surface area contributed by atoms with Crippen LogP contribution >= 0.6 is 0 Å². The zero-order valence-electron chi connectivity index (χ0n) is 5.98. The van der Waals surface area contributed by atoms with Crippen molar-refractivity contribution in [2.45, 2.75) is 6.04 Å². The van der Waals surface area contributed by atoms with Gasteiger partial charge in [-0.25, -0.2) is 13.2 Å². The van der Waals surface area contributed by atoms with Gasteiger partial charge in [0.1, 0.15) is 11.8 Å². The molecule has 0 bridgehead atoms. The molecular weight excluding hydrogens is 186 g/mol. The molecular formula is C5H7NO5S. The second-order valence-electron chi connectivity index (χ2n) is 2.51. The normalized spacial score (nSPS) is 27.7. The molecule has 68 valence electrons. The summed E-state index contributed by atoms with van der Waals surface area (Å²) in [7, 11) is -3.52. The van der Waals surface area contributed by atoms with Gasteiger partial charge in [-0.2, -0.15) is 0 Å². The van der Waals surface area contributed by atoms with Gasteiger partial charge in [0.05, 0.1) is 5.75 Å². The van der Waals surface area contributed by atoms with E-state index in [4.69, 9.17) is 5.11 Å². The predicted molar refractivity (Wildman–Crippen MR) is 38.2 cm³/mol. The molecule has 1 amide bonds. The molecule has 0 unspecified atom stereocenters. The minimum atomic E-state index is -3.52. The van der Waals surface area contributed by atoms with Crippen molar-refractivity contribution < 1.29 is 23.1 Å². The van der Waals surface area contributed by atoms with Gasteiger partial charge in [-0.05, 0) is 0 Å². The van der Waals surface area contributed by atoms with Gasteiger partial charge in [0.2, 0.25) is 5.91 Å². The first-order valence-corrected chi connectivity index (χ1v) is 4.95. The highest BCUT2D eigenvalue weighted by atomic mass is 32.2. The molecule has 0 aromatic rings. The second-order valence-corrected chi connectivity index (χ2v) is 4.62. The molecule has 1 atom stereocenters. The minimum absolute atomic E-state index is 0.520. The number of carboxylic acid groups (broad SMARTS) is 1. The summed E-state index contributed by atoms with van der Waals surface area (Å²) in [6.45, 7) is 0. The highest BCUT2D eigenvalue weighted by Crippen LogP contribution is 2.02.